The van der Waals surface area contributed by atoms with Gasteiger partial charge in [0.1, 0.15) is 0 Å². The number of rotatable bonds is 6. The summed E-state index contributed by atoms with van der Waals surface area (Å²) in [6.07, 6.45) is 2.78. The first-order valence-corrected chi connectivity index (χ1v) is 10.8. The van der Waals surface area contributed by atoms with E-state index in [-0.39, 0.29) is 18.3 Å². The number of nitrogens with one attached hydrogen (secondary N) is 2. The molecule has 2 aliphatic rings. The summed E-state index contributed by atoms with van der Waals surface area (Å²) in [6.45, 7) is 4.89. The van der Waals surface area contributed by atoms with E-state index in [4.69, 9.17) is 11.1 Å². The van der Waals surface area contributed by atoms with Crippen LogP contribution in [0.25, 0.3) is 0 Å². The number of carbonyl (C=O) groups is 1. The van der Waals surface area contributed by atoms with Gasteiger partial charge < -0.3 is 11.1 Å². The van der Waals surface area contributed by atoms with Crippen molar-refractivity contribution in [3.05, 3.63) is 51.2 Å². The summed E-state index contributed by atoms with van der Waals surface area (Å²) in [6, 6.07) is 8.04. The van der Waals surface area contributed by atoms with Crippen LogP contribution in [0.5, 0.6) is 0 Å². The quantitative estimate of drug-likeness (QED) is 0.635. The summed E-state index contributed by atoms with van der Waals surface area (Å²) >= 11 is 1.59. The lowest BCUT2D eigenvalue weighted by Crippen LogP contribution is -2.47. The molecule has 2 aromatic rings. The van der Waals surface area contributed by atoms with Crippen LogP contribution in [-0.4, -0.2) is 36.1 Å². The number of thiophene rings is 1. The van der Waals surface area contributed by atoms with Gasteiger partial charge >= 0.3 is 0 Å². The van der Waals surface area contributed by atoms with E-state index in [2.05, 4.69) is 15.7 Å². The number of benzene rings is 1. The van der Waals surface area contributed by atoms with Gasteiger partial charge in [0.2, 0.25) is 5.91 Å². The van der Waals surface area contributed by atoms with E-state index in [0.29, 0.717) is 11.6 Å². The number of guanidine groups is 1. The third-order valence-electron chi connectivity index (χ3n) is 5.74. The largest absolute Gasteiger partial charge is 0.384 e. The first-order valence-electron chi connectivity index (χ1n) is 9.91. The van der Waals surface area contributed by atoms with E-state index < -0.39 is 5.54 Å². The number of aliphatic imine (C=N–C) groups is 1. The standard InChI is InChI=1S/C22H27N5OS/c1-13-8-18(29-12-13)20(23)16-7-6-15(9-17(16)25-11-14-4-5-14)22(2)10-19(28)27(3)21(24)26-22/h6-9,12,14,23,25H,4-5,10-11H2,1-3H3,(H2,24,26)/t22-/m0/s1. The first-order chi connectivity index (χ1) is 13.8. The van der Waals surface area contributed by atoms with Crippen molar-refractivity contribution in [1.82, 2.24) is 4.90 Å². The van der Waals surface area contributed by atoms with Crippen LogP contribution < -0.4 is 11.1 Å². The SMILES string of the molecule is Cc1csc(C(=N)c2ccc([C@]3(C)CC(=O)N(C)C(N)=N3)cc2NCC2CC2)c1. The van der Waals surface area contributed by atoms with Gasteiger partial charge in [-0.1, -0.05) is 12.1 Å². The minimum atomic E-state index is -0.704. The molecule has 152 valence electrons. The number of hydrogen-bond acceptors (Lipinski definition) is 6. The van der Waals surface area contributed by atoms with Crippen molar-refractivity contribution in [3.63, 3.8) is 0 Å². The molecule has 4 rings (SSSR count). The van der Waals surface area contributed by atoms with Crippen molar-refractivity contribution < 1.29 is 4.79 Å². The Kier molecular flexibility index (Phi) is 4.94. The summed E-state index contributed by atoms with van der Waals surface area (Å²) < 4.78 is 0. The third kappa shape index (κ3) is 3.92. The number of anilines is 1. The van der Waals surface area contributed by atoms with Gasteiger partial charge in [-0.15, -0.1) is 11.3 Å². The fourth-order valence-corrected chi connectivity index (χ4v) is 4.45. The highest BCUT2D eigenvalue weighted by atomic mass is 32.1. The van der Waals surface area contributed by atoms with Crippen molar-refractivity contribution >= 4 is 34.6 Å². The summed E-state index contributed by atoms with van der Waals surface area (Å²) in [5, 5.41) is 14.4. The number of carbonyl (C=O) groups excluding carboxylic acids is 1. The van der Waals surface area contributed by atoms with Crippen molar-refractivity contribution in [3.8, 4) is 0 Å². The molecule has 0 bridgehead atoms. The highest BCUT2D eigenvalue weighted by Crippen LogP contribution is 2.36. The number of aryl methyl sites for hydroxylation is 1. The Morgan fingerprint density at radius 1 is 1.41 bits per heavy atom. The van der Waals surface area contributed by atoms with Gasteiger partial charge in [-0.2, -0.15) is 0 Å². The topological polar surface area (TPSA) is 94.6 Å². The lowest BCUT2D eigenvalue weighted by Gasteiger charge is -2.34. The lowest BCUT2D eigenvalue weighted by atomic mass is 9.86. The van der Waals surface area contributed by atoms with Gasteiger partial charge in [0.15, 0.2) is 5.96 Å². The van der Waals surface area contributed by atoms with Gasteiger partial charge in [0, 0.05) is 24.8 Å². The second-order valence-electron chi connectivity index (χ2n) is 8.32. The Balaban J connectivity index is 1.72. The van der Waals surface area contributed by atoms with Crippen molar-refractivity contribution in [2.24, 2.45) is 16.6 Å². The molecule has 29 heavy (non-hydrogen) atoms. The number of hydrogen-bond donors (Lipinski definition) is 3. The van der Waals surface area contributed by atoms with Gasteiger partial charge in [-0.25, -0.2) is 4.99 Å². The fourth-order valence-electron chi connectivity index (χ4n) is 3.59. The van der Waals surface area contributed by atoms with E-state index in [1.54, 1.807) is 18.4 Å². The maximum absolute atomic E-state index is 12.4. The van der Waals surface area contributed by atoms with Gasteiger partial charge in [0.05, 0.1) is 22.5 Å². The molecule has 1 aromatic carbocycles. The highest BCUT2D eigenvalue weighted by molar-refractivity contribution is 7.12. The Morgan fingerprint density at radius 3 is 2.79 bits per heavy atom. The molecule has 0 spiro atoms. The Labute approximate surface area is 175 Å². The molecular weight excluding hydrogens is 382 g/mol. The van der Waals surface area contributed by atoms with Crippen molar-refractivity contribution in [2.75, 3.05) is 18.9 Å². The minimum absolute atomic E-state index is 0.0432. The average molecular weight is 410 g/mol. The van der Waals surface area contributed by atoms with Crippen LogP contribution in [0.2, 0.25) is 0 Å². The molecule has 1 aliphatic heterocycles. The Hall–Kier alpha value is -2.67. The zero-order valence-corrected chi connectivity index (χ0v) is 17.9. The van der Waals surface area contributed by atoms with E-state index in [9.17, 15) is 4.79 Å². The van der Waals surface area contributed by atoms with Crippen LogP contribution >= 0.6 is 11.3 Å². The molecule has 0 radical (unpaired) electrons. The maximum atomic E-state index is 12.4. The summed E-state index contributed by atoms with van der Waals surface area (Å²) in [5.41, 5.74) is 9.69. The summed E-state index contributed by atoms with van der Waals surface area (Å²) in [5.74, 6) is 0.902. The molecule has 1 fully saturated rings. The number of nitrogens with two attached hydrogens (primary N) is 1. The van der Waals surface area contributed by atoms with Crippen molar-refractivity contribution in [1.29, 1.82) is 5.41 Å². The van der Waals surface area contributed by atoms with Crippen LogP contribution in [0, 0.1) is 18.3 Å². The first kappa shape index (κ1) is 19.6. The van der Waals surface area contributed by atoms with Crippen LogP contribution in [0.3, 0.4) is 0 Å². The van der Waals surface area contributed by atoms with Crippen LogP contribution in [0.15, 0.2) is 34.6 Å². The van der Waals surface area contributed by atoms with E-state index in [1.807, 2.05) is 38.1 Å². The lowest BCUT2D eigenvalue weighted by molar-refractivity contribution is -0.128. The van der Waals surface area contributed by atoms with Crippen LogP contribution in [0.4, 0.5) is 5.69 Å². The molecule has 0 unspecified atom stereocenters. The highest BCUT2D eigenvalue weighted by Gasteiger charge is 2.36. The third-order valence-corrected chi connectivity index (χ3v) is 6.81. The minimum Gasteiger partial charge on any atom is -0.384 e. The van der Waals surface area contributed by atoms with Crippen molar-refractivity contribution in [2.45, 2.75) is 38.6 Å². The normalized spacial score (nSPS) is 21.8. The zero-order chi connectivity index (χ0) is 20.8. The Morgan fingerprint density at radius 2 is 2.17 bits per heavy atom. The molecule has 1 aliphatic carbocycles. The van der Waals surface area contributed by atoms with Gasteiger partial charge in [0.25, 0.3) is 0 Å². The predicted octanol–water partition coefficient (Wildman–Crippen LogP) is 3.69. The molecule has 7 heteroatoms. The second kappa shape index (κ2) is 7.30. The fraction of sp³-hybridized carbons (Fsp3) is 0.409. The monoisotopic (exact) mass is 409 g/mol. The molecule has 1 aromatic heterocycles. The van der Waals surface area contributed by atoms with E-state index in [0.717, 1.165) is 28.2 Å². The second-order valence-corrected chi connectivity index (χ2v) is 9.23. The molecular formula is C22H27N5OS. The molecule has 6 nitrogen and oxygen atoms in total. The predicted molar refractivity (Wildman–Crippen MR) is 119 cm³/mol. The van der Waals surface area contributed by atoms with E-state index in [1.165, 1.54) is 23.3 Å². The molecule has 1 amide bonds. The molecule has 1 atom stereocenters. The molecule has 1 saturated carbocycles. The molecule has 2 heterocycles. The zero-order valence-electron chi connectivity index (χ0n) is 17.1. The average Bonchev–Trinajstić information content (AvgIpc) is 3.42. The number of amides is 1. The summed E-state index contributed by atoms with van der Waals surface area (Å²) in [4.78, 5) is 19.4. The molecule has 0 saturated heterocycles. The van der Waals surface area contributed by atoms with Crippen LogP contribution in [-0.2, 0) is 10.3 Å². The van der Waals surface area contributed by atoms with Gasteiger partial charge in [-0.3, -0.25) is 15.1 Å². The smallest absolute Gasteiger partial charge is 0.231 e. The maximum Gasteiger partial charge on any atom is 0.231 e. The Bertz CT molecular complexity index is 1010. The van der Waals surface area contributed by atoms with Gasteiger partial charge in [-0.05, 0) is 61.2 Å². The number of nitrogens with zero attached hydrogens (tertiary/aromatic N) is 2. The van der Waals surface area contributed by atoms with E-state index >= 15 is 0 Å². The van der Waals surface area contributed by atoms with Crippen LogP contribution in [0.1, 0.15) is 47.8 Å². The molecule has 4 N–H and O–H groups in total. The summed E-state index contributed by atoms with van der Waals surface area (Å²) in [7, 11) is 1.65.